The summed E-state index contributed by atoms with van der Waals surface area (Å²) in [6.45, 7) is 4.97. The maximum atomic E-state index is 5.97. The molecule has 0 atom stereocenters. The molecule has 0 radical (unpaired) electrons. The Bertz CT molecular complexity index is 576. The van der Waals surface area contributed by atoms with Crippen LogP contribution in [0, 0.1) is 0 Å². The predicted octanol–water partition coefficient (Wildman–Crippen LogP) is 3.97. The largest absolute Gasteiger partial charge is 0.461 e. The van der Waals surface area contributed by atoms with E-state index < -0.39 is 0 Å². The summed E-state index contributed by atoms with van der Waals surface area (Å²) in [5.74, 6) is 2.00. The van der Waals surface area contributed by atoms with E-state index in [0.29, 0.717) is 0 Å². The summed E-state index contributed by atoms with van der Waals surface area (Å²) in [6, 6.07) is 12.3. The SMILES string of the molecule is Brc1ccccc1-c1ccc(CCCN2CCOCC2)o1. The second-order valence-electron chi connectivity index (χ2n) is 5.30. The molecule has 112 valence electrons. The van der Waals surface area contributed by atoms with E-state index in [0.717, 1.165) is 67.2 Å². The number of aryl methyl sites for hydroxylation is 1. The van der Waals surface area contributed by atoms with Gasteiger partial charge in [-0.25, -0.2) is 0 Å². The number of hydrogen-bond acceptors (Lipinski definition) is 3. The van der Waals surface area contributed by atoms with Gasteiger partial charge < -0.3 is 9.15 Å². The van der Waals surface area contributed by atoms with Gasteiger partial charge in [0, 0.05) is 29.5 Å². The van der Waals surface area contributed by atoms with Gasteiger partial charge in [-0.2, -0.15) is 0 Å². The van der Waals surface area contributed by atoms with E-state index >= 15 is 0 Å². The fourth-order valence-corrected chi connectivity index (χ4v) is 3.10. The van der Waals surface area contributed by atoms with Gasteiger partial charge in [0.05, 0.1) is 13.2 Å². The minimum atomic E-state index is 0.868. The van der Waals surface area contributed by atoms with Crippen molar-refractivity contribution in [3.8, 4) is 11.3 Å². The summed E-state index contributed by atoms with van der Waals surface area (Å²) in [5.41, 5.74) is 1.11. The molecule has 1 aromatic heterocycles. The van der Waals surface area contributed by atoms with E-state index in [1.807, 2.05) is 18.2 Å². The van der Waals surface area contributed by atoms with Gasteiger partial charge in [-0.3, -0.25) is 4.90 Å². The van der Waals surface area contributed by atoms with Crippen LogP contribution in [0.15, 0.2) is 45.3 Å². The molecule has 0 unspecified atom stereocenters. The highest BCUT2D eigenvalue weighted by molar-refractivity contribution is 9.10. The zero-order valence-electron chi connectivity index (χ0n) is 12.1. The summed E-state index contributed by atoms with van der Waals surface area (Å²) < 4.78 is 12.4. The lowest BCUT2D eigenvalue weighted by Crippen LogP contribution is -2.36. The molecule has 2 heterocycles. The van der Waals surface area contributed by atoms with E-state index in [9.17, 15) is 0 Å². The third-order valence-corrected chi connectivity index (χ3v) is 4.49. The van der Waals surface area contributed by atoms with Crippen LogP contribution in [0.4, 0.5) is 0 Å². The molecule has 1 aliphatic heterocycles. The van der Waals surface area contributed by atoms with E-state index in [1.54, 1.807) is 0 Å². The molecule has 1 saturated heterocycles. The molecule has 0 amide bonds. The van der Waals surface area contributed by atoms with Crippen molar-refractivity contribution in [3.63, 3.8) is 0 Å². The van der Waals surface area contributed by atoms with Gasteiger partial charge in [-0.05, 0) is 31.2 Å². The van der Waals surface area contributed by atoms with Crippen LogP contribution in [0.5, 0.6) is 0 Å². The third-order valence-electron chi connectivity index (χ3n) is 3.80. The van der Waals surface area contributed by atoms with Gasteiger partial charge in [-0.15, -0.1) is 0 Å². The molecule has 1 fully saturated rings. The summed E-state index contributed by atoms with van der Waals surface area (Å²) in [5, 5.41) is 0. The zero-order chi connectivity index (χ0) is 14.5. The summed E-state index contributed by atoms with van der Waals surface area (Å²) in [6.07, 6.45) is 2.12. The van der Waals surface area contributed by atoms with Gasteiger partial charge in [0.1, 0.15) is 11.5 Å². The molecule has 3 nitrogen and oxygen atoms in total. The number of rotatable bonds is 5. The minimum Gasteiger partial charge on any atom is -0.461 e. The minimum absolute atomic E-state index is 0.868. The van der Waals surface area contributed by atoms with E-state index in [-0.39, 0.29) is 0 Å². The van der Waals surface area contributed by atoms with Crippen molar-refractivity contribution in [2.45, 2.75) is 12.8 Å². The lowest BCUT2D eigenvalue weighted by molar-refractivity contribution is 0.0373. The number of ether oxygens (including phenoxy) is 1. The van der Waals surface area contributed by atoms with Crippen LogP contribution >= 0.6 is 15.9 Å². The summed E-state index contributed by atoms with van der Waals surface area (Å²) >= 11 is 3.57. The van der Waals surface area contributed by atoms with Gasteiger partial charge in [-0.1, -0.05) is 34.1 Å². The predicted molar refractivity (Wildman–Crippen MR) is 87.4 cm³/mol. The molecule has 4 heteroatoms. The van der Waals surface area contributed by atoms with Crippen molar-refractivity contribution < 1.29 is 9.15 Å². The Morgan fingerprint density at radius 2 is 1.86 bits per heavy atom. The quantitative estimate of drug-likeness (QED) is 0.816. The summed E-state index contributed by atoms with van der Waals surface area (Å²) in [4.78, 5) is 2.46. The van der Waals surface area contributed by atoms with Crippen LogP contribution in [-0.4, -0.2) is 37.7 Å². The smallest absolute Gasteiger partial charge is 0.135 e. The van der Waals surface area contributed by atoms with Crippen LogP contribution in [0.2, 0.25) is 0 Å². The molecule has 0 N–H and O–H groups in total. The van der Waals surface area contributed by atoms with Gasteiger partial charge in [0.25, 0.3) is 0 Å². The zero-order valence-corrected chi connectivity index (χ0v) is 13.6. The number of furan rings is 1. The number of halogens is 1. The van der Waals surface area contributed by atoms with Gasteiger partial charge in [0.2, 0.25) is 0 Å². The van der Waals surface area contributed by atoms with Gasteiger partial charge in [0.15, 0.2) is 0 Å². The van der Waals surface area contributed by atoms with Crippen molar-refractivity contribution >= 4 is 15.9 Å². The lowest BCUT2D eigenvalue weighted by Gasteiger charge is -2.26. The number of hydrogen-bond donors (Lipinski definition) is 0. The molecule has 0 aliphatic carbocycles. The first-order chi connectivity index (χ1) is 10.3. The molecule has 0 saturated carbocycles. The van der Waals surface area contributed by atoms with Crippen LogP contribution < -0.4 is 0 Å². The molecule has 1 aliphatic rings. The maximum Gasteiger partial charge on any atom is 0.135 e. The first-order valence-corrected chi connectivity index (χ1v) is 8.26. The highest BCUT2D eigenvalue weighted by Gasteiger charge is 2.11. The Balaban J connectivity index is 1.54. The normalized spacial score (nSPS) is 16.2. The molecular weight excluding hydrogens is 330 g/mol. The Morgan fingerprint density at radius 3 is 2.67 bits per heavy atom. The van der Waals surface area contributed by atoms with Gasteiger partial charge >= 0.3 is 0 Å². The molecule has 1 aromatic carbocycles. The summed E-state index contributed by atoms with van der Waals surface area (Å²) in [7, 11) is 0. The monoisotopic (exact) mass is 349 g/mol. The Kier molecular flexibility index (Phi) is 5.12. The van der Waals surface area contributed by atoms with Crippen LogP contribution in [0.3, 0.4) is 0 Å². The molecular formula is C17H20BrNO2. The standard InChI is InChI=1S/C17H20BrNO2/c18-16-6-2-1-5-15(16)17-8-7-14(21-17)4-3-9-19-10-12-20-13-11-19/h1-2,5-8H,3-4,9-13H2. The Morgan fingerprint density at radius 1 is 1.05 bits per heavy atom. The molecule has 3 rings (SSSR count). The highest BCUT2D eigenvalue weighted by Crippen LogP contribution is 2.29. The van der Waals surface area contributed by atoms with Crippen molar-refractivity contribution in [2.24, 2.45) is 0 Å². The van der Waals surface area contributed by atoms with Crippen LogP contribution in [0.1, 0.15) is 12.2 Å². The van der Waals surface area contributed by atoms with Crippen LogP contribution in [0.25, 0.3) is 11.3 Å². The van der Waals surface area contributed by atoms with E-state index in [2.05, 4.69) is 39.0 Å². The van der Waals surface area contributed by atoms with Crippen molar-refractivity contribution in [1.29, 1.82) is 0 Å². The first kappa shape index (κ1) is 14.8. The topological polar surface area (TPSA) is 25.6 Å². The Hall–Kier alpha value is -1.10. The molecule has 21 heavy (non-hydrogen) atoms. The van der Waals surface area contributed by atoms with E-state index in [4.69, 9.17) is 9.15 Å². The second-order valence-corrected chi connectivity index (χ2v) is 6.16. The fourth-order valence-electron chi connectivity index (χ4n) is 2.62. The van der Waals surface area contributed by atoms with Crippen molar-refractivity contribution in [1.82, 2.24) is 4.90 Å². The number of morpholine rings is 1. The average Bonchev–Trinajstić information content (AvgIpc) is 2.97. The molecule has 0 spiro atoms. The van der Waals surface area contributed by atoms with E-state index in [1.165, 1.54) is 0 Å². The maximum absolute atomic E-state index is 5.97. The molecule has 2 aromatic rings. The second kappa shape index (κ2) is 7.25. The van der Waals surface area contributed by atoms with Crippen LogP contribution in [-0.2, 0) is 11.2 Å². The average molecular weight is 350 g/mol. The van der Waals surface area contributed by atoms with Crippen molar-refractivity contribution in [2.75, 3.05) is 32.8 Å². The highest BCUT2D eigenvalue weighted by atomic mass is 79.9. The first-order valence-electron chi connectivity index (χ1n) is 7.46. The Labute approximate surface area is 134 Å². The number of nitrogens with zero attached hydrogens (tertiary/aromatic N) is 1. The lowest BCUT2D eigenvalue weighted by atomic mass is 10.2. The van der Waals surface area contributed by atoms with Crippen molar-refractivity contribution in [3.05, 3.63) is 46.6 Å². The molecule has 0 bridgehead atoms. The third kappa shape index (κ3) is 3.96. The fraction of sp³-hybridized carbons (Fsp3) is 0.412. The number of benzene rings is 1.